The van der Waals surface area contributed by atoms with Gasteiger partial charge in [-0.3, -0.25) is 0 Å². The van der Waals surface area contributed by atoms with Crippen molar-refractivity contribution < 1.29 is 19.0 Å². The van der Waals surface area contributed by atoms with Gasteiger partial charge in [-0.1, -0.05) is 13.0 Å². The summed E-state index contributed by atoms with van der Waals surface area (Å²) < 4.78 is 15.0. The van der Waals surface area contributed by atoms with Crippen molar-refractivity contribution in [1.82, 2.24) is 0 Å². The van der Waals surface area contributed by atoms with Crippen LogP contribution in [0.1, 0.15) is 19.8 Å². The zero-order chi connectivity index (χ0) is 9.73. The fourth-order valence-corrected chi connectivity index (χ4v) is 1.24. The van der Waals surface area contributed by atoms with Crippen LogP contribution in [-0.2, 0) is 14.2 Å². The SMILES string of the molecule is C=CCOC1(CCC)COC(=O)O1. The molecule has 0 amide bonds. The second-order valence-corrected chi connectivity index (χ2v) is 2.90. The molecule has 0 aromatic rings. The van der Waals surface area contributed by atoms with Crippen molar-refractivity contribution in [2.45, 2.75) is 25.6 Å². The third-order valence-corrected chi connectivity index (χ3v) is 1.77. The second-order valence-electron chi connectivity index (χ2n) is 2.90. The molecule has 0 aromatic carbocycles. The van der Waals surface area contributed by atoms with Gasteiger partial charge in [-0.05, 0) is 6.42 Å². The highest BCUT2D eigenvalue weighted by atomic mass is 16.8. The molecule has 0 saturated carbocycles. The Morgan fingerprint density at radius 1 is 1.77 bits per heavy atom. The van der Waals surface area contributed by atoms with Crippen molar-refractivity contribution in [2.75, 3.05) is 13.2 Å². The van der Waals surface area contributed by atoms with E-state index in [2.05, 4.69) is 6.58 Å². The molecule has 0 N–H and O–H groups in total. The number of carbonyl (C=O) groups is 1. The van der Waals surface area contributed by atoms with Crippen LogP contribution in [0.2, 0.25) is 0 Å². The maximum Gasteiger partial charge on any atom is 0.511 e. The molecule has 1 fully saturated rings. The van der Waals surface area contributed by atoms with Crippen LogP contribution < -0.4 is 0 Å². The molecule has 1 unspecified atom stereocenters. The zero-order valence-electron chi connectivity index (χ0n) is 7.75. The van der Waals surface area contributed by atoms with Crippen molar-refractivity contribution in [3.05, 3.63) is 12.7 Å². The van der Waals surface area contributed by atoms with E-state index in [0.29, 0.717) is 13.0 Å². The standard InChI is InChI=1S/C9H14O4/c1-3-5-9(12-6-4-2)7-11-8(10)13-9/h4H,2-3,5-7H2,1H3. The number of ether oxygens (including phenoxy) is 3. The average molecular weight is 186 g/mol. The van der Waals surface area contributed by atoms with Gasteiger partial charge in [-0.25, -0.2) is 4.79 Å². The molecule has 1 aliphatic heterocycles. The Bertz CT molecular complexity index is 202. The van der Waals surface area contributed by atoms with Gasteiger partial charge in [0.15, 0.2) is 6.61 Å². The van der Waals surface area contributed by atoms with Crippen molar-refractivity contribution >= 4 is 6.16 Å². The first-order chi connectivity index (χ1) is 6.22. The molecule has 0 aliphatic carbocycles. The van der Waals surface area contributed by atoms with Gasteiger partial charge in [0, 0.05) is 6.42 Å². The first-order valence-corrected chi connectivity index (χ1v) is 4.33. The van der Waals surface area contributed by atoms with E-state index in [-0.39, 0.29) is 6.61 Å². The van der Waals surface area contributed by atoms with E-state index >= 15 is 0 Å². The average Bonchev–Trinajstić information content (AvgIpc) is 2.46. The van der Waals surface area contributed by atoms with Gasteiger partial charge in [0.2, 0.25) is 0 Å². The zero-order valence-corrected chi connectivity index (χ0v) is 7.75. The molecular formula is C9H14O4. The van der Waals surface area contributed by atoms with Gasteiger partial charge in [0.1, 0.15) is 0 Å². The van der Waals surface area contributed by atoms with Gasteiger partial charge < -0.3 is 14.2 Å². The lowest BCUT2D eigenvalue weighted by molar-refractivity contribution is -0.176. The highest BCUT2D eigenvalue weighted by Crippen LogP contribution is 2.26. The number of rotatable bonds is 5. The number of hydrogen-bond donors (Lipinski definition) is 0. The summed E-state index contributed by atoms with van der Waals surface area (Å²) >= 11 is 0. The fourth-order valence-electron chi connectivity index (χ4n) is 1.24. The number of cyclic esters (lactones) is 2. The largest absolute Gasteiger partial charge is 0.511 e. The molecule has 0 aromatic heterocycles. The Balaban J connectivity index is 2.53. The van der Waals surface area contributed by atoms with Crippen molar-refractivity contribution in [1.29, 1.82) is 0 Å². The van der Waals surface area contributed by atoms with Gasteiger partial charge in [-0.15, -0.1) is 6.58 Å². The van der Waals surface area contributed by atoms with E-state index in [0.717, 1.165) is 6.42 Å². The molecule has 1 rings (SSSR count). The third kappa shape index (κ3) is 2.45. The lowest BCUT2D eigenvalue weighted by atomic mass is 10.1. The van der Waals surface area contributed by atoms with Crippen LogP contribution in [0.4, 0.5) is 4.79 Å². The van der Waals surface area contributed by atoms with Gasteiger partial charge >= 0.3 is 6.16 Å². The van der Waals surface area contributed by atoms with Crippen molar-refractivity contribution in [2.24, 2.45) is 0 Å². The van der Waals surface area contributed by atoms with Crippen LogP contribution in [0.25, 0.3) is 0 Å². The first kappa shape index (κ1) is 10.1. The van der Waals surface area contributed by atoms with Crippen LogP contribution in [0, 0.1) is 0 Å². The Hall–Kier alpha value is -1.03. The minimum absolute atomic E-state index is 0.174. The lowest BCUT2D eigenvalue weighted by Gasteiger charge is -2.23. The van der Waals surface area contributed by atoms with E-state index < -0.39 is 11.9 Å². The molecule has 1 heterocycles. The summed E-state index contributed by atoms with van der Waals surface area (Å²) in [5.74, 6) is -0.875. The van der Waals surface area contributed by atoms with Crippen LogP contribution in [0.3, 0.4) is 0 Å². The van der Waals surface area contributed by atoms with Gasteiger partial charge in [0.25, 0.3) is 5.79 Å². The predicted octanol–water partition coefficient (Wildman–Crippen LogP) is 1.85. The van der Waals surface area contributed by atoms with Gasteiger partial charge in [0.05, 0.1) is 6.61 Å². The van der Waals surface area contributed by atoms with Gasteiger partial charge in [-0.2, -0.15) is 0 Å². The van der Waals surface area contributed by atoms with E-state index in [1.54, 1.807) is 6.08 Å². The summed E-state index contributed by atoms with van der Waals surface area (Å²) in [5.41, 5.74) is 0. The number of hydrogen-bond acceptors (Lipinski definition) is 4. The molecule has 0 radical (unpaired) electrons. The van der Waals surface area contributed by atoms with E-state index in [1.165, 1.54) is 0 Å². The summed E-state index contributed by atoms with van der Waals surface area (Å²) in [7, 11) is 0. The van der Waals surface area contributed by atoms with E-state index in [4.69, 9.17) is 14.2 Å². The molecule has 13 heavy (non-hydrogen) atoms. The molecule has 4 heteroatoms. The summed E-state index contributed by atoms with van der Waals surface area (Å²) in [5, 5.41) is 0. The summed E-state index contributed by atoms with van der Waals surface area (Å²) in [6, 6.07) is 0. The maximum atomic E-state index is 10.7. The van der Waals surface area contributed by atoms with Crippen LogP contribution in [-0.4, -0.2) is 25.2 Å². The lowest BCUT2D eigenvalue weighted by Crippen LogP contribution is -2.35. The third-order valence-electron chi connectivity index (χ3n) is 1.77. The molecular weight excluding hydrogens is 172 g/mol. The maximum absolute atomic E-state index is 10.7. The highest BCUT2D eigenvalue weighted by Gasteiger charge is 2.42. The fraction of sp³-hybridized carbons (Fsp3) is 0.667. The molecule has 1 atom stereocenters. The minimum atomic E-state index is -0.875. The Morgan fingerprint density at radius 2 is 2.54 bits per heavy atom. The molecule has 4 nitrogen and oxygen atoms in total. The van der Waals surface area contributed by atoms with Crippen molar-refractivity contribution in [3.8, 4) is 0 Å². The topological polar surface area (TPSA) is 44.8 Å². The monoisotopic (exact) mass is 186 g/mol. The highest BCUT2D eigenvalue weighted by molar-refractivity contribution is 5.62. The quantitative estimate of drug-likeness (QED) is 0.485. The predicted molar refractivity (Wildman–Crippen MR) is 46.2 cm³/mol. The Morgan fingerprint density at radius 3 is 3.00 bits per heavy atom. The van der Waals surface area contributed by atoms with Crippen LogP contribution >= 0.6 is 0 Å². The molecule has 1 aliphatic rings. The summed E-state index contributed by atoms with van der Waals surface area (Å²) in [6.45, 7) is 6.05. The summed E-state index contributed by atoms with van der Waals surface area (Å²) in [6.07, 6.45) is 2.47. The molecule has 1 saturated heterocycles. The minimum Gasteiger partial charge on any atom is -0.427 e. The number of carbonyl (C=O) groups excluding carboxylic acids is 1. The van der Waals surface area contributed by atoms with Crippen LogP contribution in [0.15, 0.2) is 12.7 Å². The van der Waals surface area contributed by atoms with Crippen molar-refractivity contribution in [3.63, 3.8) is 0 Å². The summed E-state index contributed by atoms with van der Waals surface area (Å²) in [4.78, 5) is 10.7. The normalized spacial score (nSPS) is 26.7. The van der Waals surface area contributed by atoms with E-state index in [9.17, 15) is 4.79 Å². The molecule has 0 spiro atoms. The molecule has 74 valence electrons. The van der Waals surface area contributed by atoms with Crippen LogP contribution in [0.5, 0.6) is 0 Å². The Kier molecular flexibility index (Phi) is 3.31. The molecule has 0 bridgehead atoms. The second kappa shape index (κ2) is 4.28. The smallest absolute Gasteiger partial charge is 0.427 e. The van der Waals surface area contributed by atoms with E-state index in [1.807, 2.05) is 6.92 Å². The Labute approximate surface area is 77.5 Å². The first-order valence-electron chi connectivity index (χ1n) is 4.33.